The van der Waals surface area contributed by atoms with Gasteiger partial charge in [0.15, 0.2) is 0 Å². The van der Waals surface area contributed by atoms with E-state index >= 15 is 0 Å². The molecule has 27 heavy (non-hydrogen) atoms. The first-order valence-corrected chi connectivity index (χ1v) is 10.4. The molecule has 1 atom stereocenters. The van der Waals surface area contributed by atoms with Crippen molar-refractivity contribution in [2.45, 2.75) is 39.7 Å². The van der Waals surface area contributed by atoms with Crippen LogP contribution >= 0.6 is 15.9 Å². The lowest BCUT2D eigenvalue weighted by Crippen LogP contribution is -2.32. The van der Waals surface area contributed by atoms with Crippen LogP contribution in [0.1, 0.15) is 30.5 Å². The van der Waals surface area contributed by atoms with Crippen LogP contribution in [0.4, 0.5) is 0 Å². The van der Waals surface area contributed by atoms with Crippen molar-refractivity contribution in [3.63, 3.8) is 0 Å². The Morgan fingerprint density at radius 3 is 2.56 bits per heavy atom. The summed E-state index contributed by atoms with van der Waals surface area (Å²) in [6.07, 6.45) is 3.01. The number of carbonyl (C=O) groups excluding carboxylic acids is 1. The molecule has 1 aromatic heterocycles. The van der Waals surface area contributed by atoms with Gasteiger partial charge in [-0.1, -0.05) is 28.1 Å². The molecule has 4 rings (SSSR count). The highest BCUT2D eigenvalue weighted by atomic mass is 79.9. The van der Waals surface area contributed by atoms with E-state index in [4.69, 9.17) is 4.98 Å². The molecule has 6 heteroatoms. The summed E-state index contributed by atoms with van der Waals surface area (Å²) in [6, 6.07) is 7.89. The zero-order valence-electron chi connectivity index (χ0n) is 15.7. The van der Waals surface area contributed by atoms with Gasteiger partial charge in [-0.3, -0.25) is 14.2 Å². The number of aromatic nitrogens is 2. The summed E-state index contributed by atoms with van der Waals surface area (Å²) in [7, 11) is 0. The van der Waals surface area contributed by atoms with Crippen LogP contribution in [-0.4, -0.2) is 33.4 Å². The van der Waals surface area contributed by atoms with E-state index in [2.05, 4.69) is 15.9 Å². The molecule has 2 heterocycles. The van der Waals surface area contributed by atoms with Crippen LogP contribution in [-0.2, 0) is 11.3 Å². The number of rotatable bonds is 4. The molecular weight excluding hydrogens is 406 g/mol. The molecule has 2 aliphatic rings. The number of nitrogens with zero attached hydrogens (tertiary/aromatic N) is 3. The van der Waals surface area contributed by atoms with Crippen LogP contribution in [0.25, 0.3) is 11.4 Å². The predicted molar refractivity (Wildman–Crippen MR) is 109 cm³/mol. The SMILES string of the molecule is Cc1nc(-c2ccc(Br)cc2)n(C[C@@H]2CCN(C(=O)C3CC3)C2)c(=O)c1C. The second-order valence-electron chi connectivity index (χ2n) is 7.78. The molecule has 1 saturated carbocycles. The lowest BCUT2D eigenvalue weighted by molar-refractivity contribution is -0.131. The lowest BCUT2D eigenvalue weighted by Gasteiger charge is -2.19. The Morgan fingerprint density at radius 1 is 1.19 bits per heavy atom. The molecule has 1 saturated heterocycles. The molecule has 5 nitrogen and oxygen atoms in total. The van der Waals surface area contributed by atoms with E-state index in [-0.39, 0.29) is 11.5 Å². The first-order valence-electron chi connectivity index (χ1n) is 9.57. The summed E-state index contributed by atoms with van der Waals surface area (Å²) < 4.78 is 2.80. The summed E-state index contributed by atoms with van der Waals surface area (Å²) in [5, 5.41) is 0. The first kappa shape index (κ1) is 18.4. The highest BCUT2D eigenvalue weighted by Crippen LogP contribution is 2.33. The summed E-state index contributed by atoms with van der Waals surface area (Å²) >= 11 is 3.46. The molecule has 1 amide bonds. The monoisotopic (exact) mass is 429 g/mol. The molecule has 2 fully saturated rings. The molecule has 1 aliphatic carbocycles. The van der Waals surface area contributed by atoms with Crippen molar-refractivity contribution in [2.75, 3.05) is 13.1 Å². The van der Waals surface area contributed by atoms with Gasteiger partial charge < -0.3 is 4.90 Å². The van der Waals surface area contributed by atoms with E-state index in [0.717, 1.165) is 48.1 Å². The maximum absolute atomic E-state index is 13.0. The van der Waals surface area contributed by atoms with Crippen LogP contribution in [0.2, 0.25) is 0 Å². The lowest BCUT2D eigenvalue weighted by atomic mass is 10.1. The van der Waals surface area contributed by atoms with Gasteiger partial charge in [-0.25, -0.2) is 4.98 Å². The average molecular weight is 430 g/mol. The highest BCUT2D eigenvalue weighted by molar-refractivity contribution is 9.10. The molecule has 2 aromatic rings. The number of hydrogen-bond acceptors (Lipinski definition) is 3. The van der Waals surface area contributed by atoms with Crippen LogP contribution < -0.4 is 5.56 Å². The van der Waals surface area contributed by atoms with Crippen molar-refractivity contribution in [2.24, 2.45) is 11.8 Å². The molecule has 0 bridgehead atoms. The fourth-order valence-corrected chi connectivity index (χ4v) is 4.04. The van der Waals surface area contributed by atoms with E-state index in [9.17, 15) is 9.59 Å². The molecule has 0 unspecified atom stereocenters. The minimum atomic E-state index is 0.0207. The molecular formula is C21H24BrN3O2. The summed E-state index contributed by atoms with van der Waals surface area (Å²) in [4.78, 5) is 32.1. The Hall–Kier alpha value is -1.95. The van der Waals surface area contributed by atoms with Crippen molar-refractivity contribution in [3.05, 3.63) is 50.3 Å². The van der Waals surface area contributed by atoms with Gasteiger partial charge in [-0.2, -0.15) is 0 Å². The fraction of sp³-hybridized carbons (Fsp3) is 0.476. The fourth-order valence-electron chi connectivity index (χ4n) is 3.77. The standard InChI is InChI=1S/C21H24BrN3O2/c1-13-14(2)23-19(16-5-7-18(22)8-6-16)25(20(13)26)12-15-9-10-24(11-15)21(27)17-3-4-17/h5-8,15,17H,3-4,9-12H2,1-2H3/t15-/m1/s1. The van der Waals surface area contributed by atoms with E-state index < -0.39 is 0 Å². The van der Waals surface area contributed by atoms with E-state index in [1.165, 1.54) is 0 Å². The minimum absolute atomic E-state index is 0.0207. The highest BCUT2D eigenvalue weighted by Gasteiger charge is 2.36. The molecule has 0 N–H and O–H groups in total. The van der Waals surface area contributed by atoms with Crippen LogP contribution in [0.5, 0.6) is 0 Å². The number of benzene rings is 1. The van der Waals surface area contributed by atoms with Crippen LogP contribution in [0.3, 0.4) is 0 Å². The normalized spacial score (nSPS) is 19.5. The van der Waals surface area contributed by atoms with Crippen molar-refractivity contribution in [1.29, 1.82) is 0 Å². The third-order valence-electron chi connectivity index (χ3n) is 5.71. The summed E-state index contributed by atoms with van der Waals surface area (Å²) in [6.45, 7) is 5.88. The Kier molecular flexibility index (Phi) is 4.93. The molecule has 1 aromatic carbocycles. The van der Waals surface area contributed by atoms with E-state index in [1.54, 1.807) is 4.57 Å². The Labute approximate surface area is 167 Å². The molecule has 142 valence electrons. The van der Waals surface area contributed by atoms with Gasteiger partial charge in [-0.05, 0) is 51.2 Å². The largest absolute Gasteiger partial charge is 0.342 e. The Morgan fingerprint density at radius 2 is 1.89 bits per heavy atom. The number of carbonyl (C=O) groups is 1. The van der Waals surface area contributed by atoms with Crippen molar-refractivity contribution in [3.8, 4) is 11.4 Å². The minimum Gasteiger partial charge on any atom is -0.342 e. The maximum Gasteiger partial charge on any atom is 0.256 e. The summed E-state index contributed by atoms with van der Waals surface area (Å²) in [5.41, 5.74) is 2.42. The van der Waals surface area contributed by atoms with Gasteiger partial charge in [-0.15, -0.1) is 0 Å². The first-order chi connectivity index (χ1) is 12.9. The maximum atomic E-state index is 13.0. The predicted octanol–water partition coefficient (Wildman–Crippen LogP) is 3.55. The second-order valence-corrected chi connectivity index (χ2v) is 8.70. The topological polar surface area (TPSA) is 55.2 Å². The van der Waals surface area contributed by atoms with Gasteiger partial charge in [0.25, 0.3) is 5.56 Å². The van der Waals surface area contributed by atoms with Crippen LogP contribution in [0, 0.1) is 25.7 Å². The number of hydrogen-bond donors (Lipinski definition) is 0. The quantitative estimate of drug-likeness (QED) is 0.746. The third-order valence-corrected chi connectivity index (χ3v) is 6.23. The Balaban J connectivity index is 1.63. The second kappa shape index (κ2) is 7.23. The van der Waals surface area contributed by atoms with E-state index in [0.29, 0.717) is 29.8 Å². The summed E-state index contributed by atoms with van der Waals surface area (Å²) in [5.74, 6) is 1.57. The average Bonchev–Trinajstić information content (AvgIpc) is 3.41. The molecule has 1 aliphatic heterocycles. The van der Waals surface area contributed by atoms with Gasteiger partial charge >= 0.3 is 0 Å². The molecule has 0 radical (unpaired) electrons. The Bertz CT molecular complexity index is 932. The van der Waals surface area contributed by atoms with Gasteiger partial charge in [0, 0.05) is 46.8 Å². The van der Waals surface area contributed by atoms with Crippen molar-refractivity contribution < 1.29 is 4.79 Å². The number of aryl methyl sites for hydroxylation is 1. The van der Waals surface area contributed by atoms with Crippen molar-refractivity contribution in [1.82, 2.24) is 14.5 Å². The van der Waals surface area contributed by atoms with Crippen molar-refractivity contribution >= 4 is 21.8 Å². The number of amides is 1. The third kappa shape index (κ3) is 3.72. The number of likely N-dealkylation sites (tertiary alicyclic amines) is 1. The zero-order valence-corrected chi connectivity index (χ0v) is 17.3. The van der Waals surface area contributed by atoms with Gasteiger partial charge in [0.2, 0.25) is 5.91 Å². The van der Waals surface area contributed by atoms with Crippen LogP contribution in [0.15, 0.2) is 33.5 Å². The smallest absolute Gasteiger partial charge is 0.256 e. The van der Waals surface area contributed by atoms with E-state index in [1.807, 2.05) is 43.0 Å². The molecule has 0 spiro atoms. The van der Waals surface area contributed by atoms with Gasteiger partial charge in [0.1, 0.15) is 5.82 Å². The zero-order chi connectivity index (χ0) is 19.1. The van der Waals surface area contributed by atoms with Gasteiger partial charge in [0.05, 0.1) is 0 Å². The number of halogens is 1.